The lowest BCUT2D eigenvalue weighted by Gasteiger charge is -2.26. The van der Waals surface area contributed by atoms with Gasteiger partial charge in [-0.15, -0.1) is 0 Å². The zero-order valence-electron chi connectivity index (χ0n) is 18.8. The van der Waals surface area contributed by atoms with Crippen LogP contribution < -0.4 is 10.8 Å². The van der Waals surface area contributed by atoms with Crippen molar-refractivity contribution in [2.75, 3.05) is 0 Å². The third-order valence-electron chi connectivity index (χ3n) is 5.35. The number of benzene rings is 2. The maximum atomic E-state index is 13.2. The van der Waals surface area contributed by atoms with E-state index in [1.807, 2.05) is 60.7 Å². The Labute approximate surface area is 193 Å². The number of hydroxylamine groups is 1. The first-order chi connectivity index (χ1) is 15.8. The Hall–Kier alpha value is -3.52. The van der Waals surface area contributed by atoms with E-state index in [1.54, 1.807) is 13.8 Å². The number of amides is 3. The summed E-state index contributed by atoms with van der Waals surface area (Å²) in [6.45, 7) is 3.73. The highest BCUT2D eigenvalue weighted by atomic mass is 16.7. The Morgan fingerprint density at radius 1 is 1.00 bits per heavy atom. The molecule has 33 heavy (non-hydrogen) atoms. The topological polar surface area (TPSA) is 105 Å². The van der Waals surface area contributed by atoms with E-state index in [4.69, 9.17) is 4.84 Å². The third-order valence-corrected chi connectivity index (χ3v) is 5.35. The molecule has 0 saturated carbocycles. The predicted molar refractivity (Wildman–Crippen MR) is 121 cm³/mol. The van der Waals surface area contributed by atoms with Crippen molar-refractivity contribution < 1.29 is 24.0 Å². The quantitative estimate of drug-likeness (QED) is 0.424. The molecule has 3 rings (SSSR count). The van der Waals surface area contributed by atoms with E-state index < -0.39 is 29.7 Å². The van der Waals surface area contributed by atoms with Crippen LogP contribution in [0.3, 0.4) is 0 Å². The van der Waals surface area contributed by atoms with Crippen LogP contribution in [0.15, 0.2) is 60.7 Å². The molecule has 0 aliphatic carbocycles. The van der Waals surface area contributed by atoms with E-state index in [2.05, 4.69) is 10.8 Å². The number of carbonyl (C=O) groups excluding carboxylic acids is 4. The lowest BCUT2D eigenvalue weighted by Crippen LogP contribution is -2.53. The van der Waals surface area contributed by atoms with Crippen molar-refractivity contribution >= 4 is 23.5 Å². The minimum atomic E-state index is -1.09. The summed E-state index contributed by atoms with van der Waals surface area (Å²) in [5.74, 6) is -2.32. The summed E-state index contributed by atoms with van der Waals surface area (Å²) in [5, 5.41) is 2.71. The second-order valence-electron chi connectivity index (χ2n) is 8.27. The fourth-order valence-corrected chi connectivity index (χ4v) is 3.69. The third kappa shape index (κ3) is 6.73. The zero-order valence-corrected chi connectivity index (χ0v) is 18.8. The first-order valence-electron chi connectivity index (χ1n) is 11.0. The van der Waals surface area contributed by atoms with E-state index in [0.717, 1.165) is 11.1 Å². The Bertz CT molecular complexity index is 978. The fourth-order valence-electron chi connectivity index (χ4n) is 3.69. The van der Waals surface area contributed by atoms with Crippen molar-refractivity contribution in [2.45, 2.75) is 57.8 Å². The first kappa shape index (κ1) is 24.1. The number of Topliss-reactive ketones (excluding diaryl/α,β-unsaturated/α-hetero) is 1. The number of nitrogens with one attached hydrogen (secondary N) is 2. The normalized spacial score (nSPS) is 16.5. The molecule has 0 radical (unpaired) electrons. The standard InChI is InChI=1S/C25H29N3O5/c1-17(2)33-27-25(32)23(30)20(15-18-9-5-3-6-10-18)26-24(31)21-13-14-22(29)28(21)16-19-11-7-4-8-12-19/h3-12,17,20-21H,13-16H2,1-2H3,(H,26,31)(H,27,32). The second-order valence-corrected chi connectivity index (χ2v) is 8.27. The second kappa shape index (κ2) is 11.4. The van der Waals surface area contributed by atoms with Crippen molar-refractivity contribution in [3.63, 3.8) is 0 Å². The van der Waals surface area contributed by atoms with Gasteiger partial charge >= 0.3 is 5.91 Å². The van der Waals surface area contributed by atoms with E-state index in [9.17, 15) is 19.2 Å². The van der Waals surface area contributed by atoms with Gasteiger partial charge in [-0.1, -0.05) is 60.7 Å². The van der Waals surface area contributed by atoms with Crippen molar-refractivity contribution in [1.29, 1.82) is 0 Å². The van der Waals surface area contributed by atoms with Crippen molar-refractivity contribution in [3.05, 3.63) is 71.8 Å². The SMILES string of the molecule is CC(C)ONC(=O)C(=O)C(Cc1ccccc1)NC(=O)C1CCC(=O)N1Cc1ccccc1. The molecule has 1 aliphatic heterocycles. The number of ketones is 1. The smallest absolute Gasteiger partial charge is 0.313 e. The molecule has 0 bridgehead atoms. The van der Waals surface area contributed by atoms with Crippen molar-refractivity contribution in [2.24, 2.45) is 0 Å². The number of nitrogens with zero attached hydrogens (tertiary/aromatic N) is 1. The first-order valence-corrected chi connectivity index (χ1v) is 11.0. The van der Waals surface area contributed by atoms with Crippen LogP contribution in [0.1, 0.15) is 37.8 Å². The number of likely N-dealkylation sites (tertiary alicyclic amines) is 1. The van der Waals surface area contributed by atoms with Gasteiger partial charge in [-0.3, -0.25) is 24.0 Å². The number of hydrogen-bond donors (Lipinski definition) is 2. The van der Waals surface area contributed by atoms with Gasteiger partial charge in [0, 0.05) is 19.4 Å². The average molecular weight is 452 g/mol. The van der Waals surface area contributed by atoms with Crippen molar-refractivity contribution in [3.8, 4) is 0 Å². The summed E-state index contributed by atoms with van der Waals surface area (Å²) in [4.78, 5) is 57.4. The van der Waals surface area contributed by atoms with Gasteiger partial charge in [0.2, 0.25) is 17.6 Å². The van der Waals surface area contributed by atoms with Gasteiger partial charge in [0.1, 0.15) is 12.1 Å². The lowest BCUT2D eigenvalue weighted by atomic mass is 10.0. The molecular weight excluding hydrogens is 422 g/mol. The lowest BCUT2D eigenvalue weighted by molar-refractivity contribution is -0.149. The molecule has 2 atom stereocenters. The maximum absolute atomic E-state index is 13.2. The molecule has 0 aromatic heterocycles. The highest BCUT2D eigenvalue weighted by Crippen LogP contribution is 2.22. The monoisotopic (exact) mass is 451 g/mol. The van der Waals surface area contributed by atoms with E-state index in [1.165, 1.54) is 4.90 Å². The van der Waals surface area contributed by atoms with Gasteiger partial charge < -0.3 is 10.2 Å². The van der Waals surface area contributed by atoms with Crippen LogP contribution in [0.4, 0.5) is 0 Å². The van der Waals surface area contributed by atoms with Crippen LogP contribution in [0.25, 0.3) is 0 Å². The highest BCUT2D eigenvalue weighted by Gasteiger charge is 2.38. The van der Waals surface area contributed by atoms with Crippen LogP contribution in [-0.4, -0.2) is 46.6 Å². The molecule has 1 heterocycles. The average Bonchev–Trinajstić information content (AvgIpc) is 3.18. The maximum Gasteiger partial charge on any atom is 0.313 e. The Balaban J connectivity index is 1.74. The molecule has 1 aliphatic rings. The molecule has 0 spiro atoms. The molecule has 2 aromatic carbocycles. The minimum Gasteiger partial charge on any atom is -0.344 e. The Morgan fingerprint density at radius 3 is 2.21 bits per heavy atom. The molecule has 2 aromatic rings. The molecule has 8 nitrogen and oxygen atoms in total. The predicted octanol–water partition coefficient (Wildman–Crippen LogP) is 1.93. The van der Waals surface area contributed by atoms with E-state index in [-0.39, 0.29) is 24.9 Å². The summed E-state index contributed by atoms with van der Waals surface area (Å²) < 4.78 is 0. The molecule has 1 saturated heterocycles. The van der Waals surface area contributed by atoms with Crippen LogP contribution >= 0.6 is 0 Å². The van der Waals surface area contributed by atoms with Gasteiger partial charge in [-0.2, -0.15) is 0 Å². The number of hydrogen-bond acceptors (Lipinski definition) is 5. The van der Waals surface area contributed by atoms with Gasteiger partial charge in [0.15, 0.2) is 0 Å². The molecule has 2 unspecified atom stereocenters. The largest absolute Gasteiger partial charge is 0.344 e. The summed E-state index contributed by atoms with van der Waals surface area (Å²) >= 11 is 0. The number of carbonyl (C=O) groups is 4. The van der Waals surface area contributed by atoms with Crippen LogP contribution in [0.5, 0.6) is 0 Å². The summed E-state index contributed by atoms with van der Waals surface area (Å²) in [7, 11) is 0. The van der Waals surface area contributed by atoms with Crippen LogP contribution in [-0.2, 0) is 37.0 Å². The number of rotatable bonds is 10. The van der Waals surface area contributed by atoms with Crippen LogP contribution in [0, 0.1) is 0 Å². The zero-order chi connectivity index (χ0) is 23.8. The molecular formula is C25H29N3O5. The molecule has 3 amide bonds. The Kier molecular flexibility index (Phi) is 8.32. The summed E-state index contributed by atoms with van der Waals surface area (Å²) in [5.41, 5.74) is 3.83. The minimum absolute atomic E-state index is 0.118. The van der Waals surface area contributed by atoms with Crippen LogP contribution in [0.2, 0.25) is 0 Å². The van der Waals surface area contributed by atoms with Gasteiger partial charge in [0.25, 0.3) is 0 Å². The van der Waals surface area contributed by atoms with Gasteiger partial charge in [-0.25, -0.2) is 5.48 Å². The fraction of sp³-hybridized carbons (Fsp3) is 0.360. The van der Waals surface area contributed by atoms with E-state index >= 15 is 0 Å². The molecule has 8 heteroatoms. The summed E-state index contributed by atoms with van der Waals surface area (Å²) in [6.07, 6.45) is 0.442. The molecule has 174 valence electrons. The Morgan fingerprint density at radius 2 is 1.61 bits per heavy atom. The van der Waals surface area contributed by atoms with E-state index in [0.29, 0.717) is 13.0 Å². The van der Waals surface area contributed by atoms with Gasteiger partial charge in [0.05, 0.1) is 6.10 Å². The molecule has 2 N–H and O–H groups in total. The highest BCUT2D eigenvalue weighted by molar-refractivity contribution is 6.38. The molecule has 1 fully saturated rings. The summed E-state index contributed by atoms with van der Waals surface area (Å²) in [6, 6.07) is 16.7. The van der Waals surface area contributed by atoms with Crippen molar-refractivity contribution in [1.82, 2.24) is 15.7 Å². The van der Waals surface area contributed by atoms with Gasteiger partial charge in [-0.05, 0) is 31.4 Å².